The number of thioether (sulfide) groups is 1. The molecule has 1 unspecified atom stereocenters. The van der Waals surface area contributed by atoms with Gasteiger partial charge in [0, 0.05) is 36.1 Å². The fourth-order valence-electron chi connectivity index (χ4n) is 2.45. The van der Waals surface area contributed by atoms with Crippen LogP contribution in [0.3, 0.4) is 0 Å². The Hall–Kier alpha value is -2.15. The maximum Gasteiger partial charge on any atom is 0.233 e. The number of carbonyl (C=O) groups excluding carboxylic acids is 1. The second-order valence-corrected chi connectivity index (χ2v) is 6.30. The van der Waals surface area contributed by atoms with E-state index in [1.54, 1.807) is 30.7 Å². The molecule has 7 heteroatoms. The van der Waals surface area contributed by atoms with Crippen molar-refractivity contribution in [1.82, 2.24) is 20.1 Å². The SMILES string of the molecule is O=C(CSc1ccncc1)N1CCCC(Oc2cccnn2)C1. The molecule has 3 heterocycles. The van der Waals surface area contributed by atoms with E-state index in [1.165, 1.54) is 11.8 Å². The van der Waals surface area contributed by atoms with Crippen molar-refractivity contribution in [2.45, 2.75) is 23.8 Å². The lowest BCUT2D eigenvalue weighted by molar-refractivity contribution is -0.130. The fraction of sp³-hybridized carbons (Fsp3) is 0.375. The lowest BCUT2D eigenvalue weighted by Crippen LogP contribution is -2.45. The van der Waals surface area contributed by atoms with Gasteiger partial charge in [0.05, 0.1) is 12.3 Å². The maximum atomic E-state index is 12.4. The Morgan fingerprint density at radius 1 is 1.30 bits per heavy atom. The molecule has 2 aromatic rings. The van der Waals surface area contributed by atoms with Crippen LogP contribution >= 0.6 is 11.8 Å². The van der Waals surface area contributed by atoms with E-state index in [4.69, 9.17) is 4.74 Å². The highest BCUT2D eigenvalue weighted by Gasteiger charge is 2.25. The largest absolute Gasteiger partial charge is 0.471 e. The van der Waals surface area contributed by atoms with Gasteiger partial charge in [0.25, 0.3) is 0 Å². The van der Waals surface area contributed by atoms with Crippen LogP contribution in [-0.4, -0.2) is 50.9 Å². The molecule has 1 aliphatic rings. The van der Waals surface area contributed by atoms with Crippen LogP contribution in [0.2, 0.25) is 0 Å². The van der Waals surface area contributed by atoms with Gasteiger partial charge in [-0.15, -0.1) is 16.9 Å². The molecule has 0 aromatic carbocycles. The van der Waals surface area contributed by atoms with Crippen molar-refractivity contribution in [3.8, 4) is 5.88 Å². The number of rotatable bonds is 5. The summed E-state index contributed by atoms with van der Waals surface area (Å²) < 4.78 is 5.82. The van der Waals surface area contributed by atoms with Crippen molar-refractivity contribution in [2.24, 2.45) is 0 Å². The molecule has 0 saturated carbocycles. The van der Waals surface area contributed by atoms with Crippen LogP contribution < -0.4 is 4.74 Å². The Bertz CT molecular complexity index is 626. The summed E-state index contributed by atoms with van der Waals surface area (Å²) >= 11 is 1.53. The van der Waals surface area contributed by atoms with Gasteiger partial charge in [-0.3, -0.25) is 9.78 Å². The molecule has 0 bridgehead atoms. The summed E-state index contributed by atoms with van der Waals surface area (Å²) in [5.41, 5.74) is 0. The van der Waals surface area contributed by atoms with E-state index < -0.39 is 0 Å². The minimum atomic E-state index is -0.0182. The minimum Gasteiger partial charge on any atom is -0.471 e. The predicted octanol–water partition coefficient (Wildman–Crippen LogP) is 2.03. The first-order valence-corrected chi connectivity index (χ1v) is 8.55. The highest BCUT2D eigenvalue weighted by Crippen LogP contribution is 2.20. The number of ether oxygens (including phenoxy) is 1. The second kappa shape index (κ2) is 7.92. The normalized spacial score (nSPS) is 17.7. The van der Waals surface area contributed by atoms with Crippen molar-refractivity contribution < 1.29 is 9.53 Å². The Morgan fingerprint density at radius 2 is 2.17 bits per heavy atom. The molecule has 0 N–H and O–H groups in total. The average molecular weight is 330 g/mol. The van der Waals surface area contributed by atoms with Gasteiger partial charge in [-0.05, 0) is 31.0 Å². The molecule has 3 rings (SSSR count). The van der Waals surface area contributed by atoms with E-state index in [9.17, 15) is 4.79 Å². The number of carbonyl (C=O) groups is 1. The molecule has 23 heavy (non-hydrogen) atoms. The Labute approximate surface area is 139 Å². The van der Waals surface area contributed by atoms with E-state index in [0.29, 0.717) is 18.2 Å². The first-order valence-electron chi connectivity index (χ1n) is 7.56. The summed E-state index contributed by atoms with van der Waals surface area (Å²) in [6, 6.07) is 7.40. The minimum absolute atomic E-state index is 0.0182. The number of likely N-dealkylation sites (tertiary alicyclic amines) is 1. The summed E-state index contributed by atoms with van der Waals surface area (Å²) in [6.07, 6.45) is 6.93. The summed E-state index contributed by atoms with van der Waals surface area (Å²) in [7, 11) is 0. The molecule has 2 aromatic heterocycles. The van der Waals surface area contributed by atoms with Gasteiger partial charge in [0.2, 0.25) is 11.8 Å². The quantitative estimate of drug-likeness (QED) is 0.782. The zero-order valence-electron chi connectivity index (χ0n) is 12.7. The monoisotopic (exact) mass is 330 g/mol. The lowest BCUT2D eigenvalue weighted by atomic mass is 10.1. The summed E-state index contributed by atoms with van der Waals surface area (Å²) in [6.45, 7) is 1.39. The zero-order valence-corrected chi connectivity index (χ0v) is 13.5. The molecule has 1 atom stereocenters. The van der Waals surface area contributed by atoms with Gasteiger partial charge in [0.15, 0.2) is 0 Å². The van der Waals surface area contributed by atoms with Crippen molar-refractivity contribution in [3.05, 3.63) is 42.9 Å². The molecular formula is C16H18N4O2S. The van der Waals surface area contributed by atoms with Crippen LogP contribution in [0.4, 0.5) is 0 Å². The van der Waals surface area contributed by atoms with E-state index in [2.05, 4.69) is 15.2 Å². The number of aromatic nitrogens is 3. The van der Waals surface area contributed by atoms with Gasteiger partial charge in [-0.1, -0.05) is 0 Å². The Morgan fingerprint density at radius 3 is 2.96 bits per heavy atom. The van der Waals surface area contributed by atoms with Crippen LogP contribution in [0.1, 0.15) is 12.8 Å². The van der Waals surface area contributed by atoms with E-state index in [1.807, 2.05) is 17.0 Å². The molecule has 1 aliphatic heterocycles. The highest BCUT2D eigenvalue weighted by molar-refractivity contribution is 8.00. The molecule has 1 saturated heterocycles. The molecular weight excluding hydrogens is 312 g/mol. The average Bonchev–Trinajstić information content (AvgIpc) is 2.62. The Kier molecular flexibility index (Phi) is 5.42. The second-order valence-electron chi connectivity index (χ2n) is 5.26. The third kappa shape index (κ3) is 4.66. The third-order valence-electron chi connectivity index (χ3n) is 3.58. The predicted molar refractivity (Wildman–Crippen MR) is 87.2 cm³/mol. The molecule has 1 amide bonds. The van der Waals surface area contributed by atoms with Crippen molar-refractivity contribution in [1.29, 1.82) is 0 Å². The van der Waals surface area contributed by atoms with E-state index in [0.717, 1.165) is 24.3 Å². The van der Waals surface area contributed by atoms with Gasteiger partial charge < -0.3 is 9.64 Å². The lowest BCUT2D eigenvalue weighted by Gasteiger charge is -2.32. The topological polar surface area (TPSA) is 68.2 Å². The molecule has 0 aliphatic carbocycles. The van der Waals surface area contributed by atoms with Gasteiger partial charge in [0.1, 0.15) is 6.10 Å². The molecule has 120 valence electrons. The van der Waals surface area contributed by atoms with Crippen LogP contribution in [0.5, 0.6) is 5.88 Å². The first-order chi connectivity index (χ1) is 11.3. The van der Waals surface area contributed by atoms with E-state index in [-0.39, 0.29) is 12.0 Å². The van der Waals surface area contributed by atoms with Crippen LogP contribution in [0.15, 0.2) is 47.8 Å². The van der Waals surface area contributed by atoms with E-state index >= 15 is 0 Å². The number of hydrogen-bond donors (Lipinski definition) is 0. The zero-order chi connectivity index (χ0) is 15.9. The van der Waals surface area contributed by atoms with Crippen molar-refractivity contribution in [3.63, 3.8) is 0 Å². The highest BCUT2D eigenvalue weighted by atomic mass is 32.2. The summed E-state index contributed by atoms with van der Waals surface area (Å²) in [5.74, 6) is 1.08. The first kappa shape index (κ1) is 15.7. The number of amides is 1. The number of pyridine rings is 1. The Balaban J connectivity index is 1.50. The number of hydrogen-bond acceptors (Lipinski definition) is 6. The molecule has 6 nitrogen and oxygen atoms in total. The van der Waals surface area contributed by atoms with Gasteiger partial charge in [-0.2, -0.15) is 5.10 Å². The van der Waals surface area contributed by atoms with Gasteiger partial charge >= 0.3 is 0 Å². The summed E-state index contributed by atoms with van der Waals surface area (Å²) in [5, 5.41) is 7.74. The van der Waals surface area contributed by atoms with Crippen molar-refractivity contribution in [2.75, 3.05) is 18.8 Å². The smallest absolute Gasteiger partial charge is 0.233 e. The van der Waals surface area contributed by atoms with Gasteiger partial charge in [-0.25, -0.2) is 0 Å². The maximum absolute atomic E-state index is 12.4. The number of piperidine rings is 1. The van der Waals surface area contributed by atoms with Crippen LogP contribution in [0.25, 0.3) is 0 Å². The molecule has 1 fully saturated rings. The van der Waals surface area contributed by atoms with Crippen molar-refractivity contribution >= 4 is 17.7 Å². The number of nitrogens with zero attached hydrogens (tertiary/aromatic N) is 4. The van der Waals surface area contributed by atoms with Crippen LogP contribution in [0, 0.1) is 0 Å². The molecule has 0 radical (unpaired) electrons. The van der Waals surface area contributed by atoms with Crippen LogP contribution in [-0.2, 0) is 4.79 Å². The third-order valence-corrected chi connectivity index (χ3v) is 4.57. The fourth-order valence-corrected chi connectivity index (χ4v) is 3.24. The standard InChI is InChI=1S/C16H18N4O2S/c21-16(12-23-14-5-8-17-9-6-14)20-10-2-3-13(11-20)22-15-4-1-7-18-19-15/h1,4-9,13H,2-3,10-12H2. The summed E-state index contributed by atoms with van der Waals surface area (Å²) in [4.78, 5) is 19.3. The molecule has 0 spiro atoms.